The Morgan fingerprint density at radius 3 is 2.58 bits per heavy atom. The fourth-order valence-electron chi connectivity index (χ4n) is 3.49. The molecule has 1 atom stereocenters. The van der Waals surface area contributed by atoms with Crippen LogP contribution in [-0.2, 0) is 16.4 Å². The van der Waals surface area contributed by atoms with Gasteiger partial charge in [-0.2, -0.15) is 5.10 Å². The van der Waals surface area contributed by atoms with Crippen molar-refractivity contribution in [2.24, 2.45) is 0 Å². The summed E-state index contributed by atoms with van der Waals surface area (Å²) in [4.78, 5) is 14.6. The molecule has 0 spiro atoms. The van der Waals surface area contributed by atoms with Crippen LogP contribution in [0.25, 0.3) is 0 Å². The van der Waals surface area contributed by atoms with E-state index in [0.717, 1.165) is 11.3 Å². The second kappa shape index (κ2) is 7.23. The van der Waals surface area contributed by atoms with E-state index in [4.69, 9.17) is 0 Å². The summed E-state index contributed by atoms with van der Waals surface area (Å²) in [6, 6.07) is 9.73. The summed E-state index contributed by atoms with van der Waals surface area (Å²) in [6.07, 6.45) is 2.11. The molecular formula is C19H25N3O3S. The third kappa shape index (κ3) is 3.82. The Bertz CT molecular complexity index is 888. The van der Waals surface area contributed by atoms with Gasteiger partial charge >= 0.3 is 0 Å². The fourth-order valence-corrected chi connectivity index (χ4v) is 5.26. The van der Waals surface area contributed by atoms with Crippen molar-refractivity contribution in [3.63, 3.8) is 0 Å². The van der Waals surface area contributed by atoms with Crippen LogP contribution >= 0.6 is 0 Å². The van der Waals surface area contributed by atoms with Crippen LogP contribution in [0.5, 0.6) is 0 Å². The molecular weight excluding hydrogens is 350 g/mol. The van der Waals surface area contributed by atoms with Crippen molar-refractivity contribution in [3.05, 3.63) is 53.3 Å². The van der Waals surface area contributed by atoms with Gasteiger partial charge in [-0.3, -0.25) is 9.48 Å². The summed E-state index contributed by atoms with van der Waals surface area (Å²) in [7, 11) is -1.35. The Labute approximate surface area is 154 Å². The van der Waals surface area contributed by atoms with E-state index in [0.29, 0.717) is 18.5 Å². The topological polar surface area (TPSA) is 72.3 Å². The molecule has 0 bridgehead atoms. The summed E-state index contributed by atoms with van der Waals surface area (Å²) in [5, 5.41) is 4.44. The van der Waals surface area contributed by atoms with Crippen molar-refractivity contribution in [2.75, 3.05) is 18.6 Å². The fraction of sp³-hybridized carbons (Fsp3) is 0.474. The SMILES string of the molecule is CC(C)c1c(C(=O)N(C)C2CCS(=O)(=O)C2)cnn1Cc1ccccc1. The lowest BCUT2D eigenvalue weighted by Gasteiger charge is -2.24. The van der Waals surface area contributed by atoms with Crippen molar-refractivity contribution < 1.29 is 13.2 Å². The number of sulfone groups is 1. The number of carbonyl (C=O) groups is 1. The Kier molecular flexibility index (Phi) is 5.18. The van der Waals surface area contributed by atoms with Gasteiger partial charge in [0.2, 0.25) is 0 Å². The van der Waals surface area contributed by atoms with Crippen LogP contribution in [0.4, 0.5) is 0 Å². The van der Waals surface area contributed by atoms with Gasteiger partial charge in [0.15, 0.2) is 9.84 Å². The van der Waals surface area contributed by atoms with Crippen LogP contribution in [0.15, 0.2) is 36.5 Å². The average molecular weight is 375 g/mol. The van der Waals surface area contributed by atoms with Gasteiger partial charge in [0.25, 0.3) is 5.91 Å². The zero-order valence-corrected chi connectivity index (χ0v) is 16.2. The van der Waals surface area contributed by atoms with Crippen molar-refractivity contribution in [1.29, 1.82) is 0 Å². The first-order valence-electron chi connectivity index (χ1n) is 8.85. The summed E-state index contributed by atoms with van der Waals surface area (Å²) in [6.45, 7) is 4.67. The number of aromatic nitrogens is 2. The van der Waals surface area contributed by atoms with E-state index in [-0.39, 0.29) is 29.4 Å². The molecule has 0 saturated carbocycles. The molecule has 0 radical (unpaired) electrons. The lowest BCUT2D eigenvalue weighted by molar-refractivity contribution is 0.0746. The molecule has 1 amide bonds. The Morgan fingerprint density at radius 1 is 1.31 bits per heavy atom. The van der Waals surface area contributed by atoms with Gasteiger partial charge in [-0.15, -0.1) is 0 Å². The predicted molar refractivity (Wildman–Crippen MR) is 101 cm³/mol. The molecule has 26 heavy (non-hydrogen) atoms. The first-order chi connectivity index (χ1) is 12.3. The highest BCUT2D eigenvalue weighted by molar-refractivity contribution is 7.91. The minimum absolute atomic E-state index is 0.0460. The number of amides is 1. The second-order valence-corrected chi connectivity index (χ2v) is 9.44. The van der Waals surface area contributed by atoms with Gasteiger partial charge in [-0.25, -0.2) is 8.42 Å². The van der Waals surface area contributed by atoms with Crippen molar-refractivity contribution >= 4 is 15.7 Å². The van der Waals surface area contributed by atoms with Crippen molar-refractivity contribution in [3.8, 4) is 0 Å². The van der Waals surface area contributed by atoms with E-state index in [1.54, 1.807) is 18.1 Å². The molecule has 1 aliphatic rings. The van der Waals surface area contributed by atoms with E-state index >= 15 is 0 Å². The number of hydrogen-bond donors (Lipinski definition) is 0. The minimum atomic E-state index is -3.03. The Morgan fingerprint density at radius 2 is 2.00 bits per heavy atom. The lowest BCUT2D eigenvalue weighted by Crippen LogP contribution is -2.38. The van der Waals surface area contributed by atoms with E-state index in [9.17, 15) is 13.2 Å². The number of rotatable bonds is 5. The maximum absolute atomic E-state index is 13.0. The summed E-state index contributed by atoms with van der Waals surface area (Å²) < 4.78 is 25.3. The molecule has 3 rings (SSSR count). The van der Waals surface area contributed by atoms with Gasteiger partial charge in [-0.1, -0.05) is 44.2 Å². The van der Waals surface area contributed by atoms with Gasteiger partial charge in [0, 0.05) is 13.1 Å². The van der Waals surface area contributed by atoms with E-state index in [1.165, 1.54) is 0 Å². The molecule has 1 aliphatic heterocycles. The minimum Gasteiger partial charge on any atom is -0.338 e. The van der Waals surface area contributed by atoms with Gasteiger partial charge < -0.3 is 4.90 Å². The predicted octanol–water partition coefficient (Wildman–Crippen LogP) is 2.31. The number of benzene rings is 1. The third-order valence-electron chi connectivity index (χ3n) is 4.91. The quantitative estimate of drug-likeness (QED) is 0.804. The first-order valence-corrected chi connectivity index (χ1v) is 10.7. The highest BCUT2D eigenvalue weighted by Crippen LogP contribution is 2.24. The first kappa shape index (κ1) is 18.6. The molecule has 1 saturated heterocycles. The van der Waals surface area contributed by atoms with Crippen LogP contribution in [0, 0.1) is 0 Å². The molecule has 6 nitrogen and oxygen atoms in total. The highest BCUT2D eigenvalue weighted by Gasteiger charge is 2.34. The normalized spacial score (nSPS) is 19.0. The molecule has 0 aliphatic carbocycles. The highest BCUT2D eigenvalue weighted by atomic mass is 32.2. The van der Waals surface area contributed by atoms with Crippen molar-refractivity contribution in [2.45, 2.75) is 38.8 Å². The smallest absolute Gasteiger partial charge is 0.257 e. The molecule has 7 heteroatoms. The van der Waals surface area contributed by atoms with Crippen LogP contribution in [-0.4, -0.2) is 53.6 Å². The molecule has 2 heterocycles. The molecule has 1 aromatic carbocycles. The average Bonchev–Trinajstić information content (AvgIpc) is 3.17. The van der Waals surface area contributed by atoms with Crippen LogP contribution in [0.2, 0.25) is 0 Å². The maximum atomic E-state index is 13.0. The zero-order chi connectivity index (χ0) is 18.9. The molecule has 2 aromatic rings. The van der Waals surface area contributed by atoms with E-state index < -0.39 is 9.84 Å². The Balaban J connectivity index is 1.86. The van der Waals surface area contributed by atoms with Crippen LogP contribution < -0.4 is 0 Å². The maximum Gasteiger partial charge on any atom is 0.257 e. The number of hydrogen-bond acceptors (Lipinski definition) is 4. The summed E-state index contributed by atoms with van der Waals surface area (Å²) >= 11 is 0. The lowest BCUT2D eigenvalue weighted by atomic mass is 10.0. The van der Waals surface area contributed by atoms with Crippen molar-refractivity contribution in [1.82, 2.24) is 14.7 Å². The van der Waals surface area contributed by atoms with Gasteiger partial charge in [0.05, 0.1) is 35.5 Å². The molecule has 1 aromatic heterocycles. The number of nitrogens with zero attached hydrogens (tertiary/aromatic N) is 3. The van der Waals surface area contributed by atoms with Crippen LogP contribution in [0.3, 0.4) is 0 Å². The number of carbonyl (C=O) groups excluding carboxylic acids is 1. The van der Waals surface area contributed by atoms with E-state index in [1.807, 2.05) is 48.9 Å². The molecule has 0 N–H and O–H groups in total. The molecule has 140 valence electrons. The summed E-state index contributed by atoms with van der Waals surface area (Å²) in [5.41, 5.74) is 2.56. The van der Waals surface area contributed by atoms with Crippen LogP contribution in [0.1, 0.15) is 47.8 Å². The standard InChI is InChI=1S/C19H25N3O3S/c1-14(2)18-17(11-20-22(18)12-15-7-5-4-6-8-15)19(23)21(3)16-9-10-26(24,25)13-16/h4-8,11,14,16H,9-10,12-13H2,1-3H3. The second-order valence-electron chi connectivity index (χ2n) is 7.21. The molecule has 1 unspecified atom stereocenters. The molecule has 1 fully saturated rings. The van der Waals surface area contributed by atoms with E-state index in [2.05, 4.69) is 5.10 Å². The monoisotopic (exact) mass is 375 g/mol. The Hall–Kier alpha value is -2.15. The summed E-state index contributed by atoms with van der Waals surface area (Å²) in [5.74, 6) is 0.167. The third-order valence-corrected chi connectivity index (χ3v) is 6.66. The van der Waals surface area contributed by atoms with Gasteiger partial charge in [0.1, 0.15) is 0 Å². The largest absolute Gasteiger partial charge is 0.338 e. The zero-order valence-electron chi connectivity index (χ0n) is 15.4. The van der Waals surface area contributed by atoms with Gasteiger partial charge in [-0.05, 0) is 17.9 Å².